The van der Waals surface area contributed by atoms with E-state index in [0.717, 1.165) is 12.1 Å². The van der Waals surface area contributed by atoms with E-state index in [1.54, 1.807) is 0 Å². The van der Waals surface area contributed by atoms with Crippen molar-refractivity contribution < 1.29 is 89.9 Å². The molecule has 0 aromatic heterocycles. The largest absolute Gasteiger partial charge is 1.00 e. The zero-order valence-electron chi connectivity index (χ0n) is 19.6. The van der Waals surface area contributed by atoms with Crippen molar-refractivity contribution in [3.8, 4) is 0 Å². The molecule has 1 aliphatic rings. The molecule has 180 valence electrons. The van der Waals surface area contributed by atoms with Crippen LogP contribution in [0.25, 0.3) is 33.0 Å². The summed E-state index contributed by atoms with van der Waals surface area (Å²) in [7, 11) is -9.95. The fourth-order valence-electron chi connectivity index (χ4n) is 3.50. The zero-order chi connectivity index (χ0) is 25.8. The molecular weight excluding hydrogens is 546 g/mol. The minimum atomic E-state index is -4.98. The molecule has 0 N–H and O–H groups in total. The molecule has 0 heterocycles. The molecule has 2 aromatic rings. The van der Waals surface area contributed by atoms with Gasteiger partial charge in [-0.15, -0.1) is 0 Å². The molecule has 2 aromatic carbocycles. The first-order valence-electron chi connectivity index (χ1n) is 9.70. The van der Waals surface area contributed by atoms with Crippen LogP contribution in [0.2, 0.25) is 0 Å². The summed E-state index contributed by atoms with van der Waals surface area (Å²) in [5, 5.41) is 6.54. The Morgan fingerprint density at radius 1 is 0.757 bits per heavy atom. The minimum Gasteiger partial charge on any atom is -0.744 e. The number of azide groups is 2. The van der Waals surface area contributed by atoms with E-state index in [1.807, 2.05) is 0 Å². The molecule has 37 heavy (non-hydrogen) atoms. The van der Waals surface area contributed by atoms with Crippen LogP contribution in [-0.4, -0.2) is 31.7 Å². The van der Waals surface area contributed by atoms with Crippen LogP contribution < -0.4 is 59.1 Å². The van der Waals surface area contributed by atoms with Crippen LogP contribution in [0.15, 0.2) is 67.6 Å². The van der Waals surface area contributed by atoms with Gasteiger partial charge < -0.3 is 9.11 Å². The fourth-order valence-corrected chi connectivity index (χ4v) is 4.86. The molecule has 1 fully saturated rings. The van der Waals surface area contributed by atoms with Crippen molar-refractivity contribution in [3.05, 3.63) is 79.6 Å². The van der Waals surface area contributed by atoms with Crippen LogP contribution in [0.1, 0.15) is 30.4 Å². The molecule has 0 spiro atoms. The molecular formula is C20H14N6Na2O7S2. The maximum atomic E-state index is 13.1. The first kappa shape index (κ1) is 33.1. The molecule has 0 amide bonds. The molecule has 17 heteroatoms. The van der Waals surface area contributed by atoms with Gasteiger partial charge in [0.1, 0.15) is 20.2 Å². The summed E-state index contributed by atoms with van der Waals surface area (Å²) in [6.45, 7) is 0. The first-order valence-corrected chi connectivity index (χ1v) is 12.5. The molecule has 1 saturated carbocycles. The zero-order valence-corrected chi connectivity index (χ0v) is 25.2. The number of allylic oxidation sites excluding steroid dienone is 2. The smallest absolute Gasteiger partial charge is 0.744 e. The van der Waals surface area contributed by atoms with Gasteiger partial charge >= 0.3 is 59.1 Å². The molecule has 0 saturated heterocycles. The van der Waals surface area contributed by atoms with Gasteiger partial charge in [0.05, 0.1) is 9.79 Å². The number of carbonyl (C=O) groups is 1. The van der Waals surface area contributed by atoms with E-state index in [0.29, 0.717) is 6.42 Å². The van der Waals surface area contributed by atoms with Gasteiger partial charge in [-0.3, -0.25) is 4.79 Å². The predicted octanol–water partition coefficient (Wildman–Crippen LogP) is -1.39. The van der Waals surface area contributed by atoms with Gasteiger partial charge in [0.25, 0.3) is 0 Å². The number of benzene rings is 2. The van der Waals surface area contributed by atoms with Gasteiger partial charge in [-0.05, 0) is 65.7 Å². The van der Waals surface area contributed by atoms with Gasteiger partial charge in [-0.2, -0.15) is 0 Å². The third-order valence-electron chi connectivity index (χ3n) is 4.99. The third kappa shape index (κ3) is 8.52. The number of ketones is 1. The summed E-state index contributed by atoms with van der Waals surface area (Å²) in [6.07, 6.45) is 3.40. The minimum absolute atomic E-state index is 0. The normalized spacial score (nSPS) is 15.7. The molecule has 0 atom stereocenters. The summed E-state index contributed by atoms with van der Waals surface area (Å²) in [5.74, 6) is -0.530. The molecule has 0 unspecified atom stereocenters. The van der Waals surface area contributed by atoms with Crippen LogP contribution in [0, 0.1) is 0 Å². The van der Waals surface area contributed by atoms with E-state index >= 15 is 0 Å². The monoisotopic (exact) mass is 560 g/mol. The van der Waals surface area contributed by atoms with Crippen molar-refractivity contribution in [3.63, 3.8) is 0 Å². The number of carbonyl (C=O) groups excluding carboxylic acids is 1. The van der Waals surface area contributed by atoms with E-state index in [1.165, 1.54) is 36.4 Å². The van der Waals surface area contributed by atoms with Crippen LogP contribution in [0.5, 0.6) is 0 Å². The van der Waals surface area contributed by atoms with Crippen LogP contribution in [0.4, 0.5) is 11.4 Å². The average Bonchev–Trinajstić information content (AvgIpc) is 2.77. The number of rotatable bonds is 6. The molecule has 0 radical (unpaired) electrons. The Labute approximate surface area is 256 Å². The standard InChI is InChI=1S/C20H16N6O7S2.2Na/c21-25-23-16-6-4-12(18(10-16)34(28,29)30)8-14-2-1-3-15(20(14)27)9-13-5-7-17(24-26-22)11-19(13)35(31,32)33;;/h4-11H,1-3H2,(H,28,29,30)(H,31,32,33);;/q;2*+1/p-2/b14-8+,15-9+;;. The molecule has 0 bridgehead atoms. The maximum Gasteiger partial charge on any atom is 1.00 e. The van der Waals surface area contributed by atoms with Crippen molar-refractivity contribution >= 4 is 49.5 Å². The van der Waals surface area contributed by atoms with Crippen molar-refractivity contribution in [2.24, 2.45) is 10.2 Å². The van der Waals surface area contributed by atoms with E-state index in [2.05, 4.69) is 20.1 Å². The van der Waals surface area contributed by atoms with Gasteiger partial charge in [0.15, 0.2) is 5.78 Å². The van der Waals surface area contributed by atoms with Gasteiger partial charge in [-0.25, -0.2) is 16.8 Å². The van der Waals surface area contributed by atoms with Gasteiger partial charge in [-0.1, -0.05) is 34.5 Å². The molecule has 3 rings (SSSR count). The average molecular weight is 560 g/mol. The Balaban J connectivity index is 0.00000342. The van der Waals surface area contributed by atoms with Gasteiger partial charge in [0.2, 0.25) is 0 Å². The van der Waals surface area contributed by atoms with Gasteiger partial charge in [0, 0.05) is 32.3 Å². The topological polar surface area (TPSA) is 229 Å². The summed E-state index contributed by atoms with van der Waals surface area (Å²) < 4.78 is 70.3. The fraction of sp³-hybridized carbons (Fsp3) is 0.150. The Morgan fingerprint density at radius 2 is 1.14 bits per heavy atom. The number of hydrogen-bond donors (Lipinski definition) is 0. The molecule has 0 aliphatic heterocycles. The van der Waals surface area contributed by atoms with Crippen LogP contribution in [0.3, 0.4) is 0 Å². The van der Waals surface area contributed by atoms with E-state index < -0.39 is 35.8 Å². The second-order valence-electron chi connectivity index (χ2n) is 7.25. The Bertz CT molecular complexity index is 1490. The number of hydrogen-bond acceptors (Lipinski definition) is 9. The molecule has 13 nitrogen and oxygen atoms in total. The number of Topliss-reactive ketones (excluding diaryl/α,β-unsaturated/α-hetero) is 1. The van der Waals surface area contributed by atoms with E-state index in [-0.39, 0.29) is 106 Å². The number of nitrogens with zero attached hydrogens (tertiary/aromatic N) is 6. The quantitative estimate of drug-likeness (QED) is 0.102. The SMILES string of the molecule is [N-]=[N+]=Nc1ccc(/C=C2\CCC/C(=C\c3ccc(N=[N+]=[N-])cc3S(=O)(=O)[O-])C2=O)c(S(=O)(=O)[O-])c1.[Na+].[Na+]. The van der Waals surface area contributed by atoms with Crippen molar-refractivity contribution in [1.82, 2.24) is 0 Å². The van der Waals surface area contributed by atoms with Crippen molar-refractivity contribution in [1.29, 1.82) is 0 Å². The Kier molecular flexibility index (Phi) is 12.3. The summed E-state index contributed by atoms with van der Waals surface area (Å²) in [5.41, 5.74) is 17.0. The van der Waals surface area contributed by atoms with Crippen molar-refractivity contribution in [2.75, 3.05) is 0 Å². The predicted molar refractivity (Wildman–Crippen MR) is 121 cm³/mol. The second-order valence-corrected chi connectivity index (χ2v) is 9.95. The Hall–Kier alpha value is -1.97. The van der Waals surface area contributed by atoms with E-state index in [4.69, 9.17) is 11.1 Å². The summed E-state index contributed by atoms with van der Waals surface area (Å²) in [6, 6.07) is 6.81. The van der Waals surface area contributed by atoms with Crippen LogP contribution in [-0.2, 0) is 25.0 Å². The summed E-state index contributed by atoms with van der Waals surface area (Å²) in [4.78, 5) is 16.8. The molecule has 1 aliphatic carbocycles. The maximum absolute atomic E-state index is 13.1. The van der Waals surface area contributed by atoms with Crippen molar-refractivity contribution in [2.45, 2.75) is 29.1 Å². The third-order valence-corrected chi connectivity index (χ3v) is 6.77. The van der Waals surface area contributed by atoms with Crippen LogP contribution >= 0.6 is 0 Å². The Morgan fingerprint density at radius 3 is 1.46 bits per heavy atom. The first-order chi connectivity index (χ1) is 16.4. The second kappa shape index (κ2) is 13.7. The summed E-state index contributed by atoms with van der Waals surface area (Å²) >= 11 is 0. The van der Waals surface area contributed by atoms with E-state index in [9.17, 15) is 30.7 Å².